The quantitative estimate of drug-likeness (QED) is 0.548. The summed E-state index contributed by atoms with van der Waals surface area (Å²) in [6.07, 6.45) is 8.55. The van der Waals surface area contributed by atoms with Crippen LogP contribution in [0.4, 0.5) is 5.82 Å². The number of rotatable bonds is 6. The fourth-order valence-corrected chi connectivity index (χ4v) is 6.17. The van der Waals surface area contributed by atoms with Crippen LogP contribution in [0, 0.1) is 17.2 Å². The molecule has 5 rings (SSSR count). The first-order chi connectivity index (χ1) is 16.5. The Kier molecular flexibility index (Phi) is 6.94. The van der Waals surface area contributed by atoms with Crippen molar-refractivity contribution < 1.29 is 9.84 Å². The Hall–Kier alpha value is -1.99. The highest BCUT2D eigenvalue weighted by Gasteiger charge is 2.42. The number of hydrogen-bond acceptors (Lipinski definition) is 8. The molecule has 2 aromatic heterocycles. The average Bonchev–Trinajstić information content (AvgIpc) is 3.22. The second-order valence-electron chi connectivity index (χ2n) is 9.34. The summed E-state index contributed by atoms with van der Waals surface area (Å²) in [5.74, 6) is 0.951. The van der Waals surface area contributed by atoms with Gasteiger partial charge in [-0.05, 0) is 50.2 Å². The third kappa shape index (κ3) is 4.37. The van der Waals surface area contributed by atoms with Crippen molar-refractivity contribution in [1.29, 1.82) is 5.26 Å². The molecule has 34 heavy (non-hydrogen) atoms. The van der Waals surface area contributed by atoms with Gasteiger partial charge < -0.3 is 14.7 Å². The minimum absolute atomic E-state index is 0.0264. The molecule has 180 valence electrons. The lowest BCUT2D eigenvalue weighted by atomic mass is 9.78. The summed E-state index contributed by atoms with van der Waals surface area (Å²) in [7, 11) is 0. The molecular formula is C24H28Cl2N6O2. The highest BCUT2D eigenvalue weighted by Crippen LogP contribution is 2.42. The van der Waals surface area contributed by atoms with Gasteiger partial charge in [0.05, 0.1) is 46.5 Å². The summed E-state index contributed by atoms with van der Waals surface area (Å²) in [6, 6.07) is 4.63. The van der Waals surface area contributed by atoms with Crippen molar-refractivity contribution in [3.63, 3.8) is 0 Å². The SMILES string of the molecule is C[C@@H](OC1CCC2NNC(c3cnc(N4CC[C@H]4CO)c(C#N)c3)C2C1)c1c(Cl)cncc1Cl. The molecule has 4 heterocycles. The van der Waals surface area contributed by atoms with Gasteiger partial charge >= 0.3 is 0 Å². The molecule has 0 aromatic carbocycles. The van der Waals surface area contributed by atoms with Crippen molar-refractivity contribution >= 4 is 29.0 Å². The first-order valence-corrected chi connectivity index (χ1v) is 12.5. The topological polar surface area (TPSA) is 106 Å². The van der Waals surface area contributed by atoms with E-state index in [1.165, 1.54) is 0 Å². The van der Waals surface area contributed by atoms with Gasteiger partial charge in [0.2, 0.25) is 0 Å². The van der Waals surface area contributed by atoms with Gasteiger partial charge in [-0.2, -0.15) is 5.26 Å². The monoisotopic (exact) mass is 502 g/mol. The second-order valence-corrected chi connectivity index (χ2v) is 10.2. The molecule has 1 aliphatic carbocycles. The largest absolute Gasteiger partial charge is 0.394 e. The van der Waals surface area contributed by atoms with Crippen LogP contribution < -0.4 is 15.8 Å². The van der Waals surface area contributed by atoms with Crippen LogP contribution in [0.5, 0.6) is 0 Å². The van der Waals surface area contributed by atoms with Crippen molar-refractivity contribution in [2.45, 2.75) is 62.9 Å². The molecule has 0 bridgehead atoms. The van der Waals surface area contributed by atoms with Crippen molar-refractivity contribution in [2.24, 2.45) is 5.92 Å². The molecule has 2 saturated heterocycles. The Balaban J connectivity index is 1.31. The smallest absolute Gasteiger partial charge is 0.146 e. The summed E-state index contributed by atoms with van der Waals surface area (Å²) >= 11 is 12.7. The average molecular weight is 503 g/mol. The van der Waals surface area contributed by atoms with Crippen LogP contribution >= 0.6 is 23.2 Å². The lowest BCUT2D eigenvalue weighted by Gasteiger charge is -2.41. The number of nitrogens with zero attached hydrogens (tertiary/aromatic N) is 4. The summed E-state index contributed by atoms with van der Waals surface area (Å²) in [4.78, 5) is 10.7. The Morgan fingerprint density at radius 2 is 2.03 bits per heavy atom. The summed E-state index contributed by atoms with van der Waals surface area (Å²) in [5.41, 5.74) is 9.15. The van der Waals surface area contributed by atoms with Gasteiger partial charge in [0.25, 0.3) is 0 Å². The maximum atomic E-state index is 9.78. The van der Waals surface area contributed by atoms with E-state index >= 15 is 0 Å². The minimum Gasteiger partial charge on any atom is -0.394 e. The molecule has 10 heteroatoms. The zero-order chi connectivity index (χ0) is 23.8. The zero-order valence-corrected chi connectivity index (χ0v) is 20.4. The number of anilines is 1. The van der Waals surface area contributed by atoms with E-state index in [1.807, 2.05) is 24.1 Å². The zero-order valence-electron chi connectivity index (χ0n) is 18.9. The number of ether oxygens (including phenoxy) is 1. The third-order valence-electron chi connectivity index (χ3n) is 7.39. The Morgan fingerprint density at radius 1 is 1.24 bits per heavy atom. The maximum absolute atomic E-state index is 9.78. The van der Waals surface area contributed by atoms with Crippen LogP contribution in [0.15, 0.2) is 24.7 Å². The lowest BCUT2D eigenvalue weighted by molar-refractivity contribution is -0.0370. The predicted molar refractivity (Wildman–Crippen MR) is 129 cm³/mol. The molecule has 2 aromatic rings. The molecule has 3 N–H and O–H groups in total. The molecule has 0 spiro atoms. The molecule has 6 atom stereocenters. The highest BCUT2D eigenvalue weighted by atomic mass is 35.5. The van der Waals surface area contributed by atoms with Crippen LogP contribution in [0.2, 0.25) is 10.0 Å². The van der Waals surface area contributed by atoms with E-state index in [9.17, 15) is 10.4 Å². The van der Waals surface area contributed by atoms with Gasteiger partial charge in [-0.15, -0.1) is 0 Å². The van der Waals surface area contributed by atoms with Crippen LogP contribution in [-0.2, 0) is 4.74 Å². The number of aliphatic hydroxyl groups is 1. The molecule has 2 aliphatic heterocycles. The van der Waals surface area contributed by atoms with Gasteiger partial charge in [0.1, 0.15) is 11.9 Å². The van der Waals surface area contributed by atoms with Crippen molar-refractivity contribution in [2.75, 3.05) is 18.1 Å². The summed E-state index contributed by atoms with van der Waals surface area (Å²) in [5, 5.41) is 20.3. The molecule has 4 unspecified atom stereocenters. The van der Waals surface area contributed by atoms with Crippen molar-refractivity contribution in [3.8, 4) is 6.07 Å². The van der Waals surface area contributed by atoms with E-state index in [0.717, 1.165) is 43.4 Å². The lowest BCUT2D eigenvalue weighted by Crippen LogP contribution is -2.50. The molecule has 0 amide bonds. The fraction of sp³-hybridized carbons (Fsp3) is 0.542. The number of nitrogens with one attached hydrogen (secondary N) is 2. The molecule has 1 saturated carbocycles. The van der Waals surface area contributed by atoms with E-state index in [1.54, 1.807) is 12.4 Å². The number of hydrogen-bond donors (Lipinski definition) is 3. The number of hydrazine groups is 1. The van der Waals surface area contributed by atoms with E-state index in [2.05, 4.69) is 26.9 Å². The van der Waals surface area contributed by atoms with Gasteiger partial charge in [0.15, 0.2) is 0 Å². The summed E-state index contributed by atoms with van der Waals surface area (Å²) < 4.78 is 6.42. The van der Waals surface area contributed by atoms with Gasteiger partial charge in [-0.1, -0.05) is 23.2 Å². The Morgan fingerprint density at radius 3 is 2.71 bits per heavy atom. The van der Waals surface area contributed by atoms with E-state index in [-0.39, 0.29) is 30.9 Å². The Bertz CT molecular complexity index is 1070. The number of aromatic nitrogens is 2. The van der Waals surface area contributed by atoms with Crippen LogP contribution in [-0.4, -0.2) is 46.4 Å². The van der Waals surface area contributed by atoms with E-state index in [4.69, 9.17) is 27.9 Å². The summed E-state index contributed by atoms with van der Waals surface area (Å²) in [6.45, 7) is 2.85. The standard InChI is InChI=1S/C24H28Cl2N6O2/c1-13(22-19(25)10-28-11-20(22)26)34-17-2-3-21-18(7-17)23(31-30-21)15-6-14(8-27)24(29-9-15)32-5-4-16(32)12-33/h6,9-11,13,16-18,21,23,30-31,33H,2-5,7,12H2,1H3/t13-,16+,17?,18?,21?,23?/m1/s1. The third-order valence-corrected chi connectivity index (χ3v) is 7.99. The maximum Gasteiger partial charge on any atom is 0.146 e. The fourth-order valence-electron chi connectivity index (χ4n) is 5.50. The Labute approximate surface area is 209 Å². The van der Waals surface area contributed by atoms with E-state index < -0.39 is 0 Å². The normalized spacial score (nSPS) is 29.3. The van der Waals surface area contributed by atoms with E-state index in [0.29, 0.717) is 33.4 Å². The van der Waals surface area contributed by atoms with Crippen LogP contribution in [0.1, 0.15) is 61.4 Å². The predicted octanol–water partition coefficient (Wildman–Crippen LogP) is 3.69. The van der Waals surface area contributed by atoms with Gasteiger partial charge in [-0.3, -0.25) is 10.4 Å². The number of aliphatic hydroxyl groups excluding tert-OH is 1. The second kappa shape index (κ2) is 9.94. The molecule has 3 aliphatic rings. The minimum atomic E-state index is -0.243. The van der Waals surface area contributed by atoms with Gasteiger partial charge in [0, 0.05) is 36.7 Å². The first-order valence-electron chi connectivity index (χ1n) is 11.7. The number of fused-ring (bicyclic) bond motifs is 1. The van der Waals surface area contributed by atoms with Crippen molar-refractivity contribution in [1.82, 2.24) is 20.8 Å². The van der Waals surface area contributed by atoms with Crippen LogP contribution in [0.3, 0.4) is 0 Å². The molecule has 8 nitrogen and oxygen atoms in total. The van der Waals surface area contributed by atoms with Crippen molar-refractivity contribution in [3.05, 3.63) is 51.4 Å². The molecular weight excluding hydrogens is 475 g/mol. The molecule has 0 radical (unpaired) electrons. The first kappa shape index (κ1) is 23.7. The van der Waals surface area contributed by atoms with Gasteiger partial charge in [-0.25, -0.2) is 10.4 Å². The number of halogens is 2. The van der Waals surface area contributed by atoms with Crippen LogP contribution in [0.25, 0.3) is 0 Å². The highest BCUT2D eigenvalue weighted by molar-refractivity contribution is 6.35. The number of pyridine rings is 2. The molecule has 3 fully saturated rings. The number of nitriles is 1.